The molecule has 3 nitrogen and oxygen atoms in total. The molecular formula is C12H22ClN3. The van der Waals surface area contributed by atoms with Crippen molar-refractivity contribution >= 4 is 11.6 Å². The molecule has 0 bridgehead atoms. The number of hydrogen-bond acceptors (Lipinski definition) is 2. The third kappa shape index (κ3) is 3.80. The average molecular weight is 244 g/mol. The van der Waals surface area contributed by atoms with Gasteiger partial charge in [-0.15, -0.1) is 0 Å². The number of aromatic nitrogens is 2. The Bertz CT molecular complexity index is 309. The van der Waals surface area contributed by atoms with Crippen molar-refractivity contribution in [2.45, 2.75) is 40.2 Å². The first kappa shape index (κ1) is 13.5. The molecular weight excluding hydrogens is 222 g/mol. The summed E-state index contributed by atoms with van der Waals surface area (Å²) in [5.41, 5.74) is 1.17. The van der Waals surface area contributed by atoms with Gasteiger partial charge in [-0.2, -0.15) is 5.10 Å². The summed E-state index contributed by atoms with van der Waals surface area (Å²) in [7, 11) is 0. The third-order valence-corrected chi connectivity index (χ3v) is 2.93. The highest BCUT2D eigenvalue weighted by Gasteiger charge is 2.12. The molecule has 0 spiro atoms. The first-order valence-electron chi connectivity index (χ1n) is 6.09. The maximum absolute atomic E-state index is 6.16. The third-order valence-electron chi connectivity index (χ3n) is 2.62. The Balaban J connectivity index is 2.60. The SMILES string of the molecule is CCCn1ncc(Cl)c1CC(C)CNCC. The number of hydrogen-bond donors (Lipinski definition) is 1. The number of rotatable bonds is 7. The highest BCUT2D eigenvalue weighted by Crippen LogP contribution is 2.19. The fraction of sp³-hybridized carbons (Fsp3) is 0.750. The van der Waals surface area contributed by atoms with Gasteiger partial charge >= 0.3 is 0 Å². The molecule has 1 heterocycles. The van der Waals surface area contributed by atoms with Crippen LogP contribution in [0, 0.1) is 5.92 Å². The van der Waals surface area contributed by atoms with E-state index in [0.29, 0.717) is 5.92 Å². The molecule has 1 aromatic heterocycles. The van der Waals surface area contributed by atoms with Crippen molar-refractivity contribution < 1.29 is 0 Å². The number of halogens is 1. The van der Waals surface area contributed by atoms with Gasteiger partial charge in [-0.05, 0) is 31.8 Å². The first-order valence-corrected chi connectivity index (χ1v) is 6.47. The van der Waals surface area contributed by atoms with Gasteiger partial charge in [0.05, 0.1) is 16.9 Å². The highest BCUT2D eigenvalue weighted by atomic mass is 35.5. The predicted octanol–water partition coefficient (Wildman–Crippen LogP) is 2.73. The number of aryl methyl sites for hydroxylation is 1. The van der Waals surface area contributed by atoms with Gasteiger partial charge in [0.2, 0.25) is 0 Å². The predicted molar refractivity (Wildman–Crippen MR) is 68.9 cm³/mol. The molecule has 1 aromatic rings. The zero-order valence-corrected chi connectivity index (χ0v) is 11.2. The molecule has 0 aromatic carbocycles. The second-order valence-corrected chi connectivity index (χ2v) is 4.69. The van der Waals surface area contributed by atoms with Crippen molar-refractivity contribution in [1.29, 1.82) is 0 Å². The quantitative estimate of drug-likeness (QED) is 0.798. The second kappa shape index (κ2) is 6.92. The van der Waals surface area contributed by atoms with E-state index in [1.807, 2.05) is 4.68 Å². The van der Waals surface area contributed by atoms with Crippen LogP contribution in [-0.4, -0.2) is 22.9 Å². The van der Waals surface area contributed by atoms with Gasteiger partial charge in [-0.3, -0.25) is 4.68 Å². The van der Waals surface area contributed by atoms with E-state index in [-0.39, 0.29) is 0 Å². The average Bonchev–Trinajstić information content (AvgIpc) is 2.59. The van der Waals surface area contributed by atoms with E-state index in [9.17, 15) is 0 Å². The lowest BCUT2D eigenvalue weighted by molar-refractivity contribution is 0.487. The van der Waals surface area contributed by atoms with Gasteiger partial charge in [0, 0.05) is 6.54 Å². The van der Waals surface area contributed by atoms with Crippen LogP contribution >= 0.6 is 11.6 Å². The Labute approximate surface area is 103 Å². The Kier molecular flexibility index (Phi) is 5.85. The molecule has 0 aliphatic carbocycles. The molecule has 92 valence electrons. The van der Waals surface area contributed by atoms with Gasteiger partial charge < -0.3 is 5.32 Å². The normalized spacial score (nSPS) is 13.0. The Morgan fingerprint density at radius 2 is 2.25 bits per heavy atom. The molecule has 1 rings (SSSR count). The lowest BCUT2D eigenvalue weighted by Gasteiger charge is -2.13. The lowest BCUT2D eigenvalue weighted by atomic mass is 10.1. The minimum Gasteiger partial charge on any atom is -0.317 e. The molecule has 0 aliphatic heterocycles. The molecule has 1 unspecified atom stereocenters. The maximum Gasteiger partial charge on any atom is 0.0817 e. The van der Waals surface area contributed by atoms with Crippen molar-refractivity contribution in [2.75, 3.05) is 13.1 Å². The van der Waals surface area contributed by atoms with Crippen LogP contribution in [0.3, 0.4) is 0 Å². The molecule has 0 radical (unpaired) electrons. The number of nitrogens with one attached hydrogen (secondary N) is 1. The Hall–Kier alpha value is -0.540. The van der Waals surface area contributed by atoms with Crippen LogP contribution in [0.4, 0.5) is 0 Å². The largest absolute Gasteiger partial charge is 0.317 e. The molecule has 0 aliphatic rings. The summed E-state index contributed by atoms with van der Waals surface area (Å²) >= 11 is 6.16. The van der Waals surface area contributed by atoms with Gasteiger partial charge in [0.15, 0.2) is 0 Å². The smallest absolute Gasteiger partial charge is 0.0817 e. The summed E-state index contributed by atoms with van der Waals surface area (Å²) in [6.45, 7) is 9.52. The molecule has 0 saturated heterocycles. The second-order valence-electron chi connectivity index (χ2n) is 4.28. The molecule has 16 heavy (non-hydrogen) atoms. The van der Waals surface area contributed by atoms with Crippen LogP contribution < -0.4 is 5.32 Å². The minimum absolute atomic E-state index is 0.588. The maximum atomic E-state index is 6.16. The van der Waals surface area contributed by atoms with Gasteiger partial charge in [0.25, 0.3) is 0 Å². The van der Waals surface area contributed by atoms with Crippen LogP contribution in [0.5, 0.6) is 0 Å². The van der Waals surface area contributed by atoms with Crippen LogP contribution in [0.1, 0.15) is 32.9 Å². The van der Waals surface area contributed by atoms with Gasteiger partial charge in [-0.25, -0.2) is 0 Å². The van der Waals surface area contributed by atoms with E-state index in [1.54, 1.807) is 6.20 Å². The van der Waals surface area contributed by atoms with Gasteiger partial charge in [0.1, 0.15) is 0 Å². The summed E-state index contributed by atoms with van der Waals surface area (Å²) in [5, 5.41) is 8.46. The number of nitrogens with zero attached hydrogens (tertiary/aromatic N) is 2. The monoisotopic (exact) mass is 243 g/mol. The standard InChI is InChI=1S/C12H22ClN3/c1-4-6-16-12(11(13)9-15-16)7-10(3)8-14-5-2/h9-10,14H,4-8H2,1-3H3. The molecule has 4 heteroatoms. The van der Waals surface area contributed by atoms with E-state index in [2.05, 4.69) is 31.2 Å². The van der Waals surface area contributed by atoms with Crippen molar-refractivity contribution in [3.8, 4) is 0 Å². The fourth-order valence-corrected chi connectivity index (χ4v) is 2.01. The van der Waals surface area contributed by atoms with Crippen LogP contribution in [-0.2, 0) is 13.0 Å². The minimum atomic E-state index is 0.588. The molecule has 0 amide bonds. The van der Waals surface area contributed by atoms with E-state index >= 15 is 0 Å². The Morgan fingerprint density at radius 1 is 1.50 bits per heavy atom. The van der Waals surface area contributed by atoms with Crippen molar-refractivity contribution in [3.63, 3.8) is 0 Å². The van der Waals surface area contributed by atoms with E-state index < -0.39 is 0 Å². The molecule has 0 fully saturated rings. The van der Waals surface area contributed by atoms with Crippen LogP contribution in [0.15, 0.2) is 6.20 Å². The van der Waals surface area contributed by atoms with Crippen molar-refractivity contribution in [2.24, 2.45) is 5.92 Å². The fourth-order valence-electron chi connectivity index (χ4n) is 1.79. The van der Waals surface area contributed by atoms with E-state index in [0.717, 1.165) is 37.5 Å². The van der Waals surface area contributed by atoms with Crippen molar-refractivity contribution in [3.05, 3.63) is 16.9 Å². The van der Waals surface area contributed by atoms with Gasteiger partial charge in [-0.1, -0.05) is 32.4 Å². The van der Waals surface area contributed by atoms with Crippen LogP contribution in [0.25, 0.3) is 0 Å². The topological polar surface area (TPSA) is 29.9 Å². The van der Waals surface area contributed by atoms with Crippen LogP contribution in [0.2, 0.25) is 5.02 Å². The highest BCUT2D eigenvalue weighted by molar-refractivity contribution is 6.31. The molecule has 0 saturated carbocycles. The summed E-state index contributed by atoms with van der Waals surface area (Å²) in [5.74, 6) is 0.588. The lowest BCUT2D eigenvalue weighted by Crippen LogP contribution is -2.23. The molecule has 1 atom stereocenters. The molecule has 1 N–H and O–H groups in total. The zero-order chi connectivity index (χ0) is 12.0. The summed E-state index contributed by atoms with van der Waals surface area (Å²) in [4.78, 5) is 0. The van der Waals surface area contributed by atoms with Crippen molar-refractivity contribution in [1.82, 2.24) is 15.1 Å². The summed E-state index contributed by atoms with van der Waals surface area (Å²) in [6, 6.07) is 0. The van der Waals surface area contributed by atoms with E-state index in [4.69, 9.17) is 11.6 Å². The zero-order valence-electron chi connectivity index (χ0n) is 10.5. The summed E-state index contributed by atoms with van der Waals surface area (Å²) in [6.07, 6.45) is 3.84. The Morgan fingerprint density at radius 3 is 2.88 bits per heavy atom. The summed E-state index contributed by atoms with van der Waals surface area (Å²) < 4.78 is 2.03. The first-order chi connectivity index (χ1) is 7.69. The van der Waals surface area contributed by atoms with E-state index in [1.165, 1.54) is 5.69 Å².